The van der Waals surface area contributed by atoms with Crippen LogP contribution in [0.25, 0.3) is 0 Å². The van der Waals surface area contributed by atoms with Crippen molar-refractivity contribution in [3.05, 3.63) is 65.0 Å². The number of anilines is 1. The Kier molecular flexibility index (Phi) is 9.78. The van der Waals surface area contributed by atoms with Gasteiger partial charge in [0.1, 0.15) is 5.69 Å². The summed E-state index contributed by atoms with van der Waals surface area (Å²) in [6.45, 7) is 0.690. The van der Waals surface area contributed by atoms with Gasteiger partial charge < -0.3 is 14.4 Å². The van der Waals surface area contributed by atoms with Gasteiger partial charge in [0.15, 0.2) is 0 Å². The van der Waals surface area contributed by atoms with Gasteiger partial charge in [-0.1, -0.05) is 11.6 Å². The fourth-order valence-electron chi connectivity index (χ4n) is 3.17. The Balaban J connectivity index is 0.00000385. The van der Waals surface area contributed by atoms with Crippen LogP contribution in [0.4, 0.5) is 11.4 Å². The summed E-state index contributed by atoms with van der Waals surface area (Å²) in [6.07, 6.45) is 4.93. The molecule has 33 heavy (non-hydrogen) atoms. The molecule has 0 fully saturated rings. The topological polar surface area (TPSA) is 98.2 Å². The average Bonchev–Trinajstić information content (AvgIpc) is 2.81. The van der Waals surface area contributed by atoms with Crippen molar-refractivity contribution in [3.8, 4) is 0 Å². The molecule has 3 rings (SSSR count). The molecule has 0 N–H and O–H groups in total. The fraction of sp³-hybridized carbons (Fsp3) is 0.261. The first-order valence-electron chi connectivity index (χ1n) is 9.87. The van der Waals surface area contributed by atoms with Crippen LogP contribution in [0.3, 0.4) is 0 Å². The molecule has 1 heterocycles. The van der Waals surface area contributed by atoms with Crippen LogP contribution in [0.5, 0.6) is 0 Å². The van der Waals surface area contributed by atoms with Gasteiger partial charge in [-0.05, 0) is 42.5 Å². The molecular weight excluding hydrogens is 497 g/mol. The molecule has 8 nitrogen and oxygen atoms in total. The standard InChI is InChI=1S/C23H22ClN3O5.Cu/c1-31-21(29)9-12-27(13-10-22(30)32-2)15-5-6-19(17(24)14-15)26-18-7-8-20(28)23-16(18)4-3-11-25-23;/h3-8,11,14H,9-10,12-13H2,1-2H3;. The molecule has 10 heteroatoms. The number of fused-ring (bicyclic) bond motifs is 1. The number of nitrogens with zero attached hydrogens (tertiary/aromatic N) is 3. The monoisotopic (exact) mass is 518 g/mol. The number of ether oxygens (including phenoxy) is 2. The molecular formula is C23H22ClCuN3O5. The Hall–Kier alpha value is -3.00. The second-order valence-corrected chi connectivity index (χ2v) is 7.28. The molecule has 1 aliphatic rings. The first kappa shape index (κ1) is 26.3. The summed E-state index contributed by atoms with van der Waals surface area (Å²) in [5.41, 5.74) is 2.80. The van der Waals surface area contributed by atoms with Crippen molar-refractivity contribution in [2.45, 2.75) is 12.8 Å². The van der Waals surface area contributed by atoms with E-state index in [1.54, 1.807) is 36.5 Å². The van der Waals surface area contributed by atoms with Gasteiger partial charge in [0.05, 0.1) is 43.5 Å². The van der Waals surface area contributed by atoms with Gasteiger partial charge in [-0.15, -0.1) is 0 Å². The number of esters is 2. The van der Waals surface area contributed by atoms with E-state index in [0.717, 1.165) is 5.69 Å². The maximum Gasteiger partial charge on any atom is 0.307 e. The average molecular weight is 519 g/mol. The molecule has 0 atom stereocenters. The van der Waals surface area contributed by atoms with Gasteiger partial charge >= 0.3 is 11.9 Å². The minimum Gasteiger partial charge on any atom is -0.469 e. The van der Waals surface area contributed by atoms with Gasteiger partial charge in [-0.25, -0.2) is 4.99 Å². The number of pyridine rings is 1. The molecule has 0 amide bonds. The predicted molar refractivity (Wildman–Crippen MR) is 121 cm³/mol. The number of aromatic nitrogens is 1. The third-order valence-corrected chi connectivity index (χ3v) is 5.18. The Morgan fingerprint density at radius 1 is 1.06 bits per heavy atom. The van der Waals surface area contributed by atoms with E-state index in [2.05, 4.69) is 9.98 Å². The molecule has 1 radical (unpaired) electrons. The third kappa shape index (κ3) is 6.74. The molecule has 0 aliphatic heterocycles. The summed E-state index contributed by atoms with van der Waals surface area (Å²) in [5, 5.41) is 0.381. The van der Waals surface area contributed by atoms with E-state index in [0.29, 0.717) is 40.8 Å². The van der Waals surface area contributed by atoms with Crippen LogP contribution in [0, 0.1) is 0 Å². The summed E-state index contributed by atoms with van der Waals surface area (Å²) >= 11 is 6.50. The normalized spacial score (nSPS) is 13.2. The zero-order chi connectivity index (χ0) is 23.1. The largest absolute Gasteiger partial charge is 0.469 e. The Labute approximate surface area is 207 Å². The summed E-state index contributed by atoms with van der Waals surface area (Å²) in [7, 11) is 2.65. The van der Waals surface area contributed by atoms with Gasteiger partial charge in [-0.3, -0.25) is 19.4 Å². The number of methoxy groups -OCH3 is 2. The smallest absolute Gasteiger partial charge is 0.307 e. The van der Waals surface area contributed by atoms with Crippen molar-refractivity contribution in [2.75, 3.05) is 32.2 Å². The van der Waals surface area contributed by atoms with Crippen molar-refractivity contribution in [1.82, 2.24) is 4.98 Å². The van der Waals surface area contributed by atoms with E-state index >= 15 is 0 Å². The maximum atomic E-state index is 12.0. The van der Waals surface area contributed by atoms with Crippen LogP contribution in [0.1, 0.15) is 28.9 Å². The summed E-state index contributed by atoms with van der Waals surface area (Å²) in [6, 6.07) is 8.80. The number of hydrogen-bond acceptors (Lipinski definition) is 8. The second kappa shape index (κ2) is 12.3. The minimum atomic E-state index is -0.354. The van der Waals surface area contributed by atoms with Crippen LogP contribution >= 0.6 is 11.6 Å². The van der Waals surface area contributed by atoms with E-state index in [9.17, 15) is 14.4 Å². The summed E-state index contributed by atoms with van der Waals surface area (Å²) in [5.74, 6) is -0.881. The first-order chi connectivity index (χ1) is 15.4. The number of aliphatic imine (C=N–C) groups is 1. The summed E-state index contributed by atoms with van der Waals surface area (Å²) < 4.78 is 9.42. The van der Waals surface area contributed by atoms with E-state index in [-0.39, 0.29) is 47.6 Å². The van der Waals surface area contributed by atoms with Gasteiger partial charge in [-0.2, -0.15) is 0 Å². The number of benzene rings is 1. The molecule has 0 unspecified atom stereocenters. The molecule has 1 aromatic carbocycles. The van der Waals surface area contributed by atoms with Crippen LogP contribution in [0.2, 0.25) is 5.02 Å². The number of rotatable bonds is 8. The van der Waals surface area contributed by atoms with E-state index in [1.807, 2.05) is 11.0 Å². The SMILES string of the molecule is COC(=O)CCN(CCC(=O)OC)c1ccc(N=C2C=CC(=O)c3ncccc32)c(Cl)c1.[Cu]. The molecule has 0 bridgehead atoms. The van der Waals surface area contributed by atoms with Crippen LogP contribution in [-0.2, 0) is 36.1 Å². The fourth-order valence-corrected chi connectivity index (χ4v) is 3.39. The van der Waals surface area contributed by atoms with Crippen molar-refractivity contribution >= 4 is 46.4 Å². The molecule has 0 spiro atoms. The number of carbonyl (C=O) groups is 3. The Bertz CT molecular complexity index is 1080. The van der Waals surface area contributed by atoms with Crippen molar-refractivity contribution in [3.63, 3.8) is 0 Å². The molecule has 0 saturated heterocycles. The maximum absolute atomic E-state index is 12.0. The predicted octanol–water partition coefficient (Wildman–Crippen LogP) is 3.54. The number of halogens is 1. The van der Waals surface area contributed by atoms with E-state index in [1.165, 1.54) is 20.3 Å². The summed E-state index contributed by atoms with van der Waals surface area (Å²) in [4.78, 5) is 45.8. The molecule has 0 saturated carbocycles. The van der Waals surface area contributed by atoms with E-state index < -0.39 is 0 Å². The zero-order valence-electron chi connectivity index (χ0n) is 18.0. The number of carbonyl (C=O) groups excluding carboxylic acids is 3. The molecule has 1 aliphatic carbocycles. The Morgan fingerprint density at radius 3 is 2.33 bits per heavy atom. The second-order valence-electron chi connectivity index (χ2n) is 6.87. The Morgan fingerprint density at radius 2 is 1.73 bits per heavy atom. The zero-order valence-corrected chi connectivity index (χ0v) is 19.7. The minimum absolute atomic E-state index is 0. The number of ketones is 1. The molecule has 177 valence electrons. The van der Waals surface area contributed by atoms with Crippen LogP contribution < -0.4 is 4.90 Å². The van der Waals surface area contributed by atoms with Crippen molar-refractivity contribution < 1.29 is 40.9 Å². The number of hydrogen-bond donors (Lipinski definition) is 0. The third-order valence-electron chi connectivity index (χ3n) is 4.87. The van der Waals surface area contributed by atoms with Crippen LogP contribution in [0.15, 0.2) is 53.7 Å². The van der Waals surface area contributed by atoms with E-state index in [4.69, 9.17) is 21.1 Å². The van der Waals surface area contributed by atoms with Crippen LogP contribution in [-0.4, -0.2) is 55.7 Å². The molecule has 1 aromatic heterocycles. The first-order valence-corrected chi connectivity index (χ1v) is 10.3. The quantitative estimate of drug-likeness (QED) is 0.389. The number of allylic oxidation sites excluding steroid dienone is 2. The van der Waals surface area contributed by atoms with Crippen molar-refractivity contribution in [1.29, 1.82) is 0 Å². The van der Waals surface area contributed by atoms with Gasteiger partial charge in [0.25, 0.3) is 0 Å². The van der Waals surface area contributed by atoms with Gasteiger partial charge in [0, 0.05) is 47.6 Å². The molecule has 2 aromatic rings. The van der Waals surface area contributed by atoms with Crippen molar-refractivity contribution in [2.24, 2.45) is 4.99 Å². The van der Waals surface area contributed by atoms with Gasteiger partial charge in [0.2, 0.25) is 5.78 Å².